The van der Waals surface area contributed by atoms with Crippen molar-refractivity contribution in [2.45, 2.75) is 25.6 Å². The van der Waals surface area contributed by atoms with Crippen LogP contribution in [-0.2, 0) is 14.3 Å². The quantitative estimate of drug-likeness (QED) is 0.587. The molecule has 0 aromatic carbocycles. The second-order valence-electron chi connectivity index (χ2n) is 3.41. The number of halogens is 1. The molecule has 1 atom stereocenters. The van der Waals surface area contributed by atoms with E-state index in [-0.39, 0.29) is 6.54 Å². The second-order valence-corrected chi connectivity index (χ2v) is 4.06. The van der Waals surface area contributed by atoms with E-state index in [0.717, 1.165) is 0 Å². The lowest BCUT2D eigenvalue weighted by atomic mass is 10.4. The highest BCUT2D eigenvalue weighted by atomic mass is 35.5. The smallest absolute Gasteiger partial charge is 0.325 e. The third-order valence-corrected chi connectivity index (χ3v) is 2.12. The van der Waals surface area contributed by atoms with Gasteiger partial charge in [0.25, 0.3) is 0 Å². The summed E-state index contributed by atoms with van der Waals surface area (Å²) in [5.41, 5.74) is 0. The van der Waals surface area contributed by atoms with Crippen LogP contribution in [0, 0.1) is 0 Å². The van der Waals surface area contributed by atoms with Gasteiger partial charge in [-0.25, -0.2) is 4.79 Å². The molecule has 7 heteroatoms. The SMILES string of the molecule is CCCN(CC(=O)OC)C(=O)NC(=O)C(C)Cl. The van der Waals surface area contributed by atoms with E-state index in [1.165, 1.54) is 18.9 Å². The van der Waals surface area contributed by atoms with Gasteiger partial charge in [-0.15, -0.1) is 11.6 Å². The van der Waals surface area contributed by atoms with Gasteiger partial charge in [0.05, 0.1) is 7.11 Å². The first kappa shape index (κ1) is 15.7. The zero-order valence-electron chi connectivity index (χ0n) is 10.2. The third kappa shape index (κ3) is 6.11. The van der Waals surface area contributed by atoms with E-state index in [4.69, 9.17) is 11.6 Å². The number of nitrogens with zero attached hydrogens (tertiary/aromatic N) is 1. The molecule has 3 amide bonds. The van der Waals surface area contributed by atoms with Crippen molar-refractivity contribution in [1.29, 1.82) is 0 Å². The Morgan fingerprint density at radius 2 is 2.00 bits per heavy atom. The third-order valence-electron chi connectivity index (χ3n) is 1.92. The molecule has 0 aliphatic heterocycles. The molecule has 0 aromatic heterocycles. The molecule has 0 fully saturated rings. The van der Waals surface area contributed by atoms with Crippen molar-refractivity contribution in [1.82, 2.24) is 10.2 Å². The maximum absolute atomic E-state index is 11.6. The lowest BCUT2D eigenvalue weighted by Crippen LogP contribution is -2.47. The topological polar surface area (TPSA) is 75.7 Å². The summed E-state index contributed by atoms with van der Waals surface area (Å²) in [5.74, 6) is -1.14. The molecule has 0 radical (unpaired) electrons. The molecule has 1 unspecified atom stereocenters. The van der Waals surface area contributed by atoms with Crippen molar-refractivity contribution >= 4 is 29.5 Å². The molecule has 0 saturated carbocycles. The average molecular weight is 265 g/mol. The van der Waals surface area contributed by atoms with Crippen molar-refractivity contribution < 1.29 is 19.1 Å². The van der Waals surface area contributed by atoms with Gasteiger partial charge in [-0.05, 0) is 13.3 Å². The van der Waals surface area contributed by atoms with Crippen molar-refractivity contribution in [2.24, 2.45) is 0 Å². The Labute approximate surface area is 105 Å². The standard InChI is InChI=1S/C10H17ClN2O4/c1-4-5-13(6-8(14)17-3)10(16)12-9(15)7(2)11/h7H,4-6H2,1-3H3,(H,12,15,16). The summed E-state index contributed by atoms with van der Waals surface area (Å²) in [5, 5.41) is 1.30. The molecular formula is C10H17ClN2O4. The molecular weight excluding hydrogens is 248 g/mol. The van der Waals surface area contributed by atoms with Gasteiger partial charge in [-0.2, -0.15) is 0 Å². The molecule has 0 spiro atoms. The highest BCUT2D eigenvalue weighted by Crippen LogP contribution is 1.97. The first-order valence-corrected chi connectivity index (χ1v) is 5.66. The van der Waals surface area contributed by atoms with E-state index in [0.29, 0.717) is 13.0 Å². The molecule has 17 heavy (non-hydrogen) atoms. The lowest BCUT2D eigenvalue weighted by molar-refractivity contribution is -0.141. The number of urea groups is 1. The molecule has 0 heterocycles. The molecule has 0 aliphatic rings. The average Bonchev–Trinajstić information content (AvgIpc) is 2.27. The Kier molecular flexibility index (Phi) is 7.29. The Morgan fingerprint density at radius 3 is 2.41 bits per heavy atom. The van der Waals surface area contributed by atoms with Crippen molar-refractivity contribution in [3.8, 4) is 0 Å². The number of esters is 1. The van der Waals surface area contributed by atoms with E-state index >= 15 is 0 Å². The fraction of sp³-hybridized carbons (Fsp3) is 0.700. The molecule has 0 saturated heterocycles. The summed E-state index contributed by atoms with van der Waals surface area (Å²) in [4.78, 5) is 35.1. The van der Waals surface area contributed by atoms with Crippen molar-refractivity contribution in [3.63, 3.8) is 0 Å². The zero-order valence-corrected chi connectivity index (χ0v) is 10.9. The van der Waals surface area contributed by atoms with Crippen LogP contribution in [0.4, 0.5) is 4.79 Å². The first-order chi connectivity index (χ1) is 7.92. The molecule has 98 valence electrons. The van der Waals surface area contributed by atoms with E-state index in [9.17, 15) is 14.4 Å². The minimum absolute atomic E-state index is 0.194. The van der Waals surface area contributed by atoms with Crippen LogP contribution in [0.5, 0.6) is 0 Å². The zero-order chi connectivity index (χ0) is 13.4. The Morgan fingerprint density at radius 1 is 1.41 bits per heavy atom. The Hall–Kier alpha value is -1.30. The van der Waals surface area contributed by atoms with Crippen LogP contribution >= 0.6 is 11.6 Å². The number of hydrogen-bond donors (Lipinski definition) is 1. The molecule has 6 nitrogen and oxygen atoms in total. The van der Waals surface area contributed by atoms with E-state index < -0.39 is 23.3 Å². The fourth-order valence-electron chi connectivity index (χ4n) is 1.03. The van der Waals surface area contributed by atoms with Gasteiger partial charge in [0, 0.05) is 6.54 Å². The van der Waals surface area contributed by atoms with Crippen LogP contribution in [0.3, 0.4) is 0 Å². The second kappa shape index (κ2) is 7.89. The number of nitrogens with one attached hydrogen (secondary N) is 1. The molecule has 0 rings (SSSR count). The number of methoxy groups -OCH3 is 1. The fourth-order valence-corrected chi connectivity index (χ4v) is 1.08. The number of carbonyl (C=O) groups excluding carboxylic acids is 3. The number of amides is 3. The number of imide groups is 1. The predicted octanol–water partition coefficient (Wildman–Crippen LogP) is 0.735. The molecule has 0 aliphatic carbocycles. The molecule has 1 N–H and O–H groups in total. The van der Waals surface area contributed by atoms with Crippen LogP contribution in [0.15, 0.2) is 0 Å². The van der Waals surface area contributed by atoms with Crippen LogP contribution in [0.25, 0.3) is 0 Å². The van der Waals surface area contributed by atoms with Gasteiger partial charge in [0.1, 0.15) is 11.9 Å². The van der Waals surface area contributed by atoms with Crippen LogP contribution in [0.2, 0.25) is 0 Å². The van der Waals surface area contributed by atoms with Gasteiger partial charge < -0.3 is 9.64 Å². The maximum atomic E-state index is 11.6. The first-order valence-electron chi connectivity index (χ1n) is 5.23. The highest BCUT2D eigenvalue weighted by Gasteiger charge is 2.20. The van der Waals surface area contributed by atoms with E-state index in [1.807, 2.05) is 6.92 Å². The van der Waals surface area contributed by atoms with Crippen LogP contribution in [0.1, 0.15) is 20.3 Å². The molecule has 0 aromatic rings. The number of ether oxygens (including phenoxy) is 1. The summed E-state index contributed by atoms with van der Waals surface area (Å²) in [6, 6.07) is -0.644. The van der Waals surface area contributed by atoms with Gasteiger partial charge in [0.2, 0.25) is 5.91 Å². The predicted molar refractivity (Wildman–Crippen MR) is 62.7 cm³/mol. The summed E-state index contributed by atoms with van der Waals surface area (Å²) in [6.45, 7) is 3.46. The maximum Gasteiger partial charge on any atom is 0.325 e. The van der Waals surface area contributed by atoms with E-state index in [2.05, 4.69) is 10.1 Å². The van der Waals surface area contributed by atoms with Crippen molar-refractivity contribution in [2.75, 3.05) is 20.2 Å². The largest absolute Gasteiger partial charge is 0.468 e. The van der Waals surface area contributed by atoms with Gasteiger partial charge >= 0.3 is 12.0 Å². The summed E-state index contributed by atoms with van der Waals surface area (Å²) < 4.78 is 4.46. The van der Waals surface area contributed by atoms with Gasteiger partial charge in [-0.1, -0.05) is 6.92 Å². The molecule has 0 bridgehead atoms. The summed E-state index contributed by atoms with van der Waals surface area (Å²) >= 11 is 5.51. The van der Waals surface area contributed by atoms with Gasteiger partial charge in [-0.3, -0.25) is 14.9 Å². The number of rotatable bonds is 5. The van der Waals surface area contributed by atoms with Gasteiger partial charge in [0.15, 0.2) is 0 Å². The van der Waals surface area contributed by atoms with Crippen molar-refractivity contribution in [3.05, 3.63) is 0 Å². The number of alkyl halides is 1. The van der Waals surface area contributed by atoms with E-state index in [1.54, 1.807) is 0 Å². The highest BCUT2D eigenvalue weighted by molar-refractivity contribution is 6.31. The number of hydrogen-bond acceptors (Lipinski definition) is 4. The lowest BCUT2D eigenvalue weighted by Gasteiger charge is -2.20. The normalized spacial score (nSPS) is 11.5. The van der Waals surface area contributed by atoms with Crippen LogP contribution in [-0.4, -0.2) is 48.4 Å². The summed E-state index contributed by atoms with van der Waals surface area (Å²) in [7, 11) is 1.23. The summed E-state index contributed by atoms with van der Waals surface area (Å²) in [6.07, 6.45) is 0.662. The Balaban J connectivity index is 4.43. The minimum Gasteiger partial charge on any atom is -0.468 e. The monoisotopic (exact) mass is 264 g/mol. The minimum atomic E-state index is -0.805. The van der Waals surface area contributed by atoms with Crippen LogP contribution < -0.4 is 5.32 Å². The number of carbonyl (C=O) groups is 3. The Bertz CT molecular complexity index is 294.